The van der Waals surface area contributed by atoms with Crippen molar-refractivity contribution < 1.29 is 0 Å². The summed E-state index contributed by atoms with van der Waals surface area (Å²) in [5.41, 5.74) is 5.85. The van der Waals surface area contributed by atoms with E-state index in [4.69, 9.17) is 0 Å². The summed E-state index contributed by atoms with van der Waals surface area (Å²) in [6.07, 6.45) is 5.84. The highest BCUT2D eigenvalue weighted by Crippen LogP contribution is 2.36. The molecule has 1 aliphatic heterocycles. The number of piperidine rings is 1. The average molecular weight is 460 g/mol. The third-order valence-corrected chi connectivity index (χ3v) is 7.83. The van der Waals surface area contributed by atoms with Crippen molar-refractivity contribution in [3.8, 4) is 0 Å². The van der Waals surface area contributed by atoms with Crippen LogP contribution in [-0.2, 0) is 25.7 Å². The van der Waals surface area contributed by atoms with Crippen molar-refractivity contribution in [2.45, 2.75) is 38.1 Å². The summed E-state index contributed by atoms with van der Waals surface area (Å²) in [5.74, 6) is 1.32. The van der Waals surface area contributed by atoms with Gasteiger partial charge in [0.15, 0.2) is 0 Å². The van der Waals surface area contributed by atoms with Gasteiger partial charge in [-0.2, -0.15) is 0 Å². The largest absolute Gasteiger partial charge is 0.299 e. The highest BCUT2D eigenvalue weighted by molar-refractivity contribution is 5.22. The van der Waals surface area contributed by atoms with Crippen LogP contribution < -0.4 is 0 Å². The van der Waals surface area contributed by atoms with Crippen molar-refractivity contribution in [2.24, 2.45) is 11.8 Å². The molecule has 0 radical (unpaired) electrons. The molecule has 178 valence electrons. The zero-order valence-electron chi connectivity index (χ0n) is 20.7. The second-order valence-corrected chi connectivity index (χ2v) is 10.1. The molecule has 2 unspecified atom stereocenters. The number of hydrogen-bond acceptors (Lipinski definition) is 1. The molecule has 0 aromatic heterocycles. The Labute approximate surface area is 211 Å². The molecule has 4 aromatic carbocycles. The average Bonchev–Trinajstić information content (AvgIpc) is 2.92. The fourth-order valence-corrected chi connectivity index (χ4v) is 5.99. The van der Waals surface area contributed by atoms with Gasteiger partial charge >= 0.3 is 0 Å². The standard InChI is InChI=1S/C34H37N/c1-5-13-28(14-6-1)21-23-35-24-22-32(25-29-15-7-2-8-16-29)33(26-30-17-9-3-10-18-30)34(35)27-31-19-11-4-12-20-31/h1-20,32-34H,21-27H2/t32?,33-,34?/m1/s1. The third-order valence-electron chi connectivity index (χ3n) is 7.83. The smallest absolute Gasteiger partial charge is 0.0170 e. The first-order chi connectivity index (χ1) is 17.3. The van der Waals surface area contributed by atoms with Crippen LogP contribution in [0.2, 0.25) is 0 Å². The van der Waals surface area contributed by atoms with Gasteiger partial charge in [-0.25, -0.2) is 0 Å². The maximum Gasteiger partial charge on any atom is 0.0170 e. The van der Waals surface area contributed by atoms with Gasteiger partial charge in [-0.05, 0) is 72.7 Å². The highest BCUT2D eigenvalue weighted by atomic mass is 15.2. The summed E-state index contributed by atoms with van der Waals surface area (Å²) in [6, 6.07) is 45.0. The van der Waals surface area contributed by atoms with E-state index in [1.165, 1.54) is 41.6 Å². The molecule has 5 rings (SSSR count). The van der Waals surface area contributed by atoms with Crippen molar-refractivity contribution in [3.05, 3.63) is 144 Å². The summed E-state index contributed by atoms with van der Waals surface area (Å²) >= 11 is 0. The Morgan fingerprint density at radius 3 is 1.51 bits per heavy atom. The summed E-state index contributed by atoms with van der Waals surface area (Å²) < 4.78 is 0. The van der Waals surface area contributed by atoms with E-state index >= 15 is 0 Å². The number of rotatable bonds is 9. The van der Waals surface area contributed by atoms with Crippen LogP contribution in [0.5, 0.6) is 0 Å². The van der Waals surface area contributed by atoms with E-state index in [2.05, 4.69) is 126 Å². The zero-order valence-corrected chi connectivity index (χ0v) is 20.7. The predicted molar refractivity (Wildman–Crippen MR) is 148 cm³/mol. The quantitative estimate of drug-likeness (QED) is 0.254. The molecule has 1 nitrogen and oxygen atoms in total. The lowest BCUT2D eigenvalue weighted by atomic mass is 9.72. The van der Waals surface area contributed by atoms with Crippen LogP contribution in [0.25, 0.3) is 0 Å². The molecule has 0 bridgehead atoms. The van der Waals surface area contributed by atoms with Crippen molar-refractivity contribution in [1.82, 2.24) is 4.90 Å². The van der Waals surface area contributed by atoms with Gasteiger partial charge in [-0.3, -0.25) is 4.90 Å². The van der Waals surface area contributed by atoms with Crippen molar-refractivity contribution >= 4 is 0 Å². The van der Waals surface area contributed by atoms with Crippen molar-refractivity contribution in [2.75, 3.05) is 13.1 Å². The van der Waals surface area contributed by atoms with E-state index in [1.54, 1.807) is 0 Å². The lowest BCUT2D eigenvalue weighted by Gasteiger charge is -2.46. The zero-order chi connectivity index (χ0) is 23.7. The van der Waals surface area contributed by atoms with E-state index in [0.29, 0.717) is 17.9 Å². The number of hydrogen-bond donors (Lipinski definition) is 0. The Morgan fingerprint density at radius 1 is 0.514 bits per heavy atom. The molecule has 35 heavy (non-hydrogen) atoms. The lowest BCUT2D eigenvalue weighted by Crippen LogP contribution is -2.52. The SMILES string of the molecule is c1ccc(CCN2CCC(Cc3ccccc3)[C@@H](Cc3ccccc3)C2Cc2ccccc2)cc1. The molecular formula is C34H37N. The van der Waals surface area contributed by atoms with Gasteiger partial charge in [-0.15, -0.1) is 0 Å². The predicted octanol–water partition coefficient (Wildman–Crippen LogP) is 7.26. The van der Waals surface area contributed by atoms with Gasteiger partial charge < -0.3 is 0 Å². The molecule has 0 aliphatic carbocycles. The molecule has 0 N–H and O–H groups in total. The van der Waals surface area contributed by atoms with Crippen molar-refractivity contribution in [1.29, 1.82) is 0 Å². The Bertz CT molecular complexity index is 1120. The Balaban J connectivity index is 1.43. The van der Waals surface area contributed by atoms with Gasteiger partial charge in [0, 0.05) is 12.6 Å². The second kappa shape index (κ2) is 12.0. The third kappa shape index (κ3) is 6.50. The molecule has 0 spiro atoms. The molecule has 1 heterocycles. The molecule has 3 atom stereocenters. The van der Waals surface area contributed by atoms with Crippen molar-refractivity contribution in [3.63, 3.8) is 0 Å². The molecule has 1 saturated heterocycles. The summed E-state index contributed by atoms with van der Waals surface area (Å²) in [4.78, 5) is 2.81. The van der Waals surface area contributed by atoms with Gasteiger partial charge in [0.2, 0.25) is 0 Å². The summed E-state index contributed by atoms with van der Waals surface area (Å²) in [5, 5.41) is 0. The van der Waals surface area contributed by atoms with E-state index in [-0.39, 0.29) is 0 Å². The number of likely N-dealkylation sites (tertiary alicyclic amines) is 1. The Hall–Kier alpha value is -3.16. The fourth-order valence-electron chi connectivity index (χ4n) is 5.99. The molecular weight excluding hydrogens is 422 g/mol. The van der Waals surface area contributed by atoms with Gasteiger partial charge in [0.05, 0.1) is 0 Å². The topological polar surface area (TPSA) is 3.24 Å². The fraction of sp³-hybridized carbons (Fsp3) is 0.294. The molecule has 0 amide bonds. The first-order valence-electron chi connectivity index (χ1n) is 13.2. The van der Waals surface area contributed by atoms with Crippen LogP contribution in [0.1, 0.15) is 28.7 Å². The van der Waals surface area contributed by atoms with Crippen LogP contribution in [0.4, 0.5) is 0 Å². The van der Waals surface area contributed by atoms with E-state index in [9.17, 15) is 0 Å². The molecule has 1 fully saturated rings. The normalized spacial score (nSPS) is 20.5. The lowest BCUT2D eigenvalue weighted by molar-refractivity contribution is 0.0481. The molecule has 1 aliphatic rings. The second-order valence-electron chi connectivity index (χ2n) is 10.1. The molecule has 0 saturated carbocycles. The molecule has 1 heteroatoms. The van der Waals surface area contributed by atoms with E-state index < -0.39 is 0 Å². The van der Waals surface area contributed by atoms with E-state index in [1.807, 2.05) is 0 Å². The monoisotopic (exact) mass is 459 g/mol. The van der Waals surface area contributed by atoms with Gasteiger partial charge in [-0.1, -0.05) is 121 Å². The van der Waals surface area contributed by atoms with E-state index in [0.717, 1.165) is 25.8 Å². The summed E-state index contributed by atoms with van der Waals surface area (Å²) in [6.45, 7) is 2.32. The first-order valence-corrected chi connectivity index (χ1v) is 13.2. The number of nitrogens with zero attached hydrogens (tertiary/aromatic N) is 1. The Morgan fingerprint density at radius 2 is 0.971 bits per heavy atom. The minimum atomic E-state index is 0.545. The van der Waals surface area contributed by atoms with Gasteiger partial charge in [0.25, 0.3) is 0 Å². The molecule has 4 aromatic rings. The maximum atomic E-state index is 2.81. The van der Waals surface area contributed by atoms with Crippen LogP contribution in [0, 0.1) is 11.8 Å². The van der Waals surface area contributed by atoms with Gasteiger partial charge in [0.1, 0.15) is 0 Å². The maximum absolute atomic E-state index is 2.81. The summed E-state index contributed by atoms with van der Waals surface area (Å²) in [7, 11) is 0. The minimum absolute atomic E-state index is 0.545. The van der Waals surface area contributed by atoms with Crippen LogP contribution >= 0.6 is 0 Å². The Kier molecular flexibility index (Phi) is 8.08. The minimum Gasteiger partial charge on any atom is -0.299 e. The van der Waals surface area contributed by atoms with Crippen LogP contribution in [0.3, 0.4) is 0 Å². The number of benzene rings is 4. The van der Waals surface area contributed by atoms with Crippen LogP contribution in [0.15, 0.2) is 121 Å². The van der Waals surface area contributed by atoms with Crippen LogP contribution in [-0.4, -0.2) is 24.0 Å². The highest BCUT2D eigenvalue weighted by Gasteiger charge is 2.37. The first kappa shape index (κ1) is 23.6.